The van der Waals surface area contributed by atoms with Gasteiger partial charge in [-0.2, -0.15) is 5.10 Å². The predicted molar refractivity (Wildman–Crippen MR) is 63.3 cm³/mol. The highest BCUT2D eigenvalue weighted by atomic mass is 16.3. The summed E-state index contributed by atoms with van der Waals surface area (Å²) in [5.41, 5.74) is 4.56. The highest BCUT2D eigenvalue weighted by molar-refractivity contribution is 5.84. The molecule has 0 spiro atoms. The highest BCUT2D eigenvalue weighted by Gasteiger charge is 2.09. The molecule has 1 aromatic carbocycles. The number of hydrogen-bond acceptors (Lipinski definition) is 2. The van der Waals surface area contributed by atoms with Crippen molar-refractivity contribution in [2.45, 2.75) is 13.8 Å². The first-order valence-electron chi connectivity index (χ1n) is 5.24. The van der Waals surface area contributed by atoms with E-state index >= 15 is 0 Å². The third-order valence-electron chi connectivity index (χ3n) is 2.89. The molecule has 1 N–H and O–H groups in total. The monoisotopic (exact) mass is 212 g/mol. The fourth-order valence-electron chi connectivity index (χ4n) is 2.10. The third-order valence-corrected chi connectivity index (χ3v) is 2.89. The second-order valence-electron chi connectivity index (χ2n) is 4.02. The number of rotatable bonds is 1. The molecule has 0 aliphatic heterocycles. The molecule has 0 bridgehead atoms. The minimum Gasteiger partial charge on any atom is -0.469 e. The molecule has 3 aromatic rings. The lowest BCUT2D eigenvalue weighted by molar-refractivity contribution is 0.534. The van der Waals surface area contributed by atoms with Crippen molar-refractivity contribution in [1.29, 1.82) is 0 Å². The average molecular weight is 212 g/mol. The van der Waals surface area contributed by atoms with Crippen LogP contribution >= 0.6 is 0 Å². The molecular formula is C13H12N2O. The van der Waals surface area contributed by atoms with Gasteiger partial charge in [0.2, 0.25) is 0 Å². The molecule has 3 heteroatoms. The van der Waals surface area contributed by atoms with Crippen LogP contribution in [0.1, 0.15) is 11.3 Å². The molecule has 0 fully saturated rings. The molecule has 16 heavy (non-hydrogen) atoms. The van der Waals surface area contributed by atoms with Crippen LogP contribution < -0.4 is 0 Å². The lowest BCUT2D eigenvalue weighted by Crippen LogP contribution is -1.81. The number of nitrogens with one attached hydrogen (secondary N) is 1. The third kappa shape index (κ3) is 1.25. The van der Waals surface area contributed by atoms with E-state index in [0.717, 1.165) is 22.2 Å². The van der Waals surface area contributed by atoms with E-state index in [1.165, 1.54) is 11.1 Å². The summed E-state index contributed by atoms with van der Waals surface area (Å²) < 4.78 is 5.42. The van der Waals surface area contributed by atoms with Crippen molar-refractivity contribution in [2.24, 2.45) is 0 Å². The molecule has 0 saturated carbocycles. The van der Waals surface area contributed by atoms with Crippen LogP contribution in [0.4, 0.5) is 0 Å². The van der Waals surface area contributed by atoms with E-state index in [2.05, 4.69) is 35.3 Å². The molecule has 0 aliphatic carbocycles. The summed E-state index contributed by atoms with van der Waals surface area (Å²) in [5.74, 6) is 0.955. The number of aromatic nitrogens is 2. The predicted octanol–water partition coefficient (Wildman–Crippen LogP) is 3.44. The van der Waals surface area contributed by atoms with Crippen molar-refractivity contribution in [3.63, 3.8) is 0 Å². The van der Waals surface area contributed by atoms with Gasteiger partial charge >= 0.3 is 0 Å². The normalized spacial score (nSPS) is 11.1. The second kappa shape index (κ2) is 3.23. The Kier molecular flexibility index (Phi) is 1.86. The van der Waals surface area contributed by atoms with Crippen molar-refractivity contribution in [3.05, 3.63) is 42.0 Å². The van der Waals surface area contributed by atoms with Crippen LogP contribution in [-0.4, -0.2) is 10.2 Å². The number of hydrogen-bond donors (Lipinski definition) is 1. The molecule has 0 radical (unpaired) electrons. The van der Waals surface area contributed by atoms with Gasteiger partial charge in [0.1, 0.15) is 5.76 Å². The Balaban J connectivity index is 2.25. The minimum absolute atomic E-state index is 0.955. The van der Waals surface area contributed by atoms with E-state index in [-0.39, 0.29) is 0 Å². The Labute approximate surface area is 93.1 Å². The summed E-state index contributed by atoms with van der Waals surface area (Å²) in [7, 11) is 0. The highest BCUT2D eigenvalue weighted by Crippen LogP contribution is 2.30. The van der Waals surface area contributed by atoms with Crippen LogP contribution in [-0.2, 0) is 0 Å². The lowest BCUT2D eigenvalue weighted by atomic mass is 10.0. The summed E-state index contributed by atoms with van der Waals surface area (Å²) in [6.45, 7) is 4.04. The number of aryl methyl sites for hydroxylation is 2. The van der Waals surface area contributed by atoms with Crippen LogP contribution in [0, 0.1) is 13.8 Å². The number of fused-ring (bicyclic) bond motifs is 1. The summed E-state index contributed by atoms with van der Waals surface area (Å²) in [6.07, 6.45) is 3.62. The van der Waals surface area contributed by atoms with E-state index in [9.17, 15) is 0 Å². The van der Waals surface area contributed by atoms with E-state index in [1.54, 1.807) is 6.26 Å². The largest absolute Gasteiger partial charge is 0.469 e. The number of benzene rings is 1. The minimum atomic E-state index is 0.955. The van der Waals surface area contributed by atoms with Crippen LogP contribution in [0.25, 0.3) is 22.0 Å². The molecule has 2 heterocycles. The van der Waals surface area contributed by atoms with Gasteiger partial charge in [0.15, 0.2) is 0 Å². The maximum Gasteiger partial charge on any atom is 0.108 e. The van der Waals surface area contributed by atoms with Gasteiger partial charge < -0.3 is 4.42 Å². The van der Waals surface area contributed by atoms with Gasteiger partial charge in [-0.1, -0.05) is 12.1 Å². The van der Waals surface area contributed by atoms with E-state index in [4.69, 9.17) is 4.42 Å². The molecule has 0 aliphatic rings. The van der Waals surface area contributed by atoms with Gasteiger partial charge in [-0.25, -0.2) is 0 Å². The maximum absolute atomic E-state index is 5.42. The zero-order valence-electron chi connectivity index (χ0n) is 9.24. The van der Waals surface area contributed by atoms with Gasteiger partial charge in [0, 0.05) is 10.9 Å². The molecule has 0 saturated heterocycles. The van der Waals surface area contributed by atoms with Crippen LogP contribution in [0.15, 0.2) is 35.1 Å². The standard InChI is InChI=1S/C13H12N2O/c1-8-7-16-9(2)13(8)10-3-4-11-6-14-15-12(11)5-10/h3-7H,1-2H3,(H,14,15). The van der Waals surface area contributed by atoms with Crippen molar-refractivity contribution in [1.82, 2.24) is 10.2 Å². The maximum atomic E-state index is 5.42. The Morgan fingerprint density at radius 2 is 2.12 bits per heavy atom. The van der Waals surface area contributed by atoms with Crippen molar-refractivity contribution < 1.29 is 4.42 Å². The quantitative estimate of drug-likeness (QED) is 0.671. The first-order valence-corrected chi connectivity index (χ1v) is 5.24. The molecule has 3 rings (SSSR count). The fraction of sp³-hybridized carbons (Fsp3) is 0.154. The van der Waals surface area contributed by atoms with Crippen molar-refractivity contribution in [2.75, 3.05) is 0 Å². The topological polar surface area (TPSA) is 41.8 Å². The number of H-pyrrole nitrogens is 1. The van der Waals surface area contributed by atoms with Crippen LogP contribution in [0.5, 0.6) is 0 Å². The number of nitrogens with zero attached hydrogens (tertiary/aromatic N) is 1. The molecule has 80 valence electrons. The molecular weight excluding hydrogens is 200 g/mol. The molecule has 0 amide bonds. The first kappa shape index (κ1) is 9.21. The SMILES string of the molecule is Cc1coc(C)c1-c1ccc2cn[nH]c2c1. The van der Waals surface area contributed by atoms with E-state index < -0.39 is 0 Å². The summed E-state index contributed by atoms with van der Waals surface area (Å²) in [6, 6.07) is 6.27. The zero-order valence-corrected chi connectivity index (χ0v) is 9.24. The first-order chi connectivity index (χ1) is 7.75. The summed E-state index contributed by atoms with van der Waals surface area (Å²) in [4.78, 5) is 0. The summed E-state index contributed by atoms with van der Waals surface area (Å²) >= 11 is 0. The molecule has 2 aromatic heterocycles. The van der Waals surface area contributed by atoms with Crippen molar-refractivity contribution >= 4 is 10.9 Å². The Bertz CT molecular complexity index is 629. The molecule has 0 unspecified atom stereocenters. The smallest absolute Gasteiger partial charge is 0.108 e. The zero-order chi connectivity index (χ0) is 11.1. The van der Waals surface area contributed by atoms with Crippen LogP contribution in [0.3, 0.4) is 0 Å². The van der Waals surface area contributed by atoms with Crippen LogP contribution in [0.2, 0.25) is 0 Å². The van der Waals surface area contributed by atoms with Gasteiger partial charge in [0.25, 0.3) is 0 Å². The Morgan fingerprint density at radius 3 is 2.88 bits per heavy atom. The van der Waals surface area contributed by atoms with Crippen molar-refractivity contribution in [3.8, 4) is 11.1 Å². The number of furan rings is 1. The second-order valence-corrected chi connectivity index (χ2v) is 4.02. The average Bonchev–Trinajstić information content (AvgIpc) is 2.85. The lowest BCUT2D eigenvalue weighted by Gasteiger charge is -2.01. The van der Waals surface area contributed by atoms with Gasteiger partial charge in [0.05, 0.1) is 18.0 Å². The van der Waals surface area contributed by atoms with E-state index in [0.29, 0.717) is 0 Å². The van der Waals surface area contributed by atoms with E-state index in [1.807, 2.05) is 13.1 Å². The van der Waals surface area contributed by atoms with Gasteiger partial charge in [-0.15, -0.1) is 0 Å². The van der Waals surface area contributed by atoms with Gasteiger partial charge in [-0.05, 0) is 31.0 Å². The molecule has 3 nitrogen and oxygen atoms in total. The number of aromatic amines is 1. The Morgan fingerprint density at radius 1 is 1.25 bits per heavy atom. The fourth-order valence-corrected chi connectivity index (χ4v) is 2.10. The Hall–Kier alpha value is -2.03. The summed E-state index contributed by atoms with van der Waals surface area (Å²) in [5, 5.41) is 8.13. The molecule has 0 atom stereocenters. The van der Waals surface area contributed by atoms with Gasteiger partial charge in [-0.3, -0.25) is 5.10 Å².